The smallest absolute Gasteiger partial charge is 0.345 e. The number of carbonyl (C=O) groups is 1. The van der Waals surface area contributed by atoms with E-state index in [0.29, 0.717) is 18.1 Å². The number of methoxy groups -OCH3 is 2. The maximum absolute atomic E-state index is 10.9. The molecule has 5 nitrogen and oxygen atoms in total. The number of anilines is 1. The lowest BCUT2D eigenvalue weighted by Gasteiger charge is -2.22. The lowest BCUT2D eigenvalue weighted by Crippen LogP contribution is -2.28. The number of nitrogens with zero attached hydrogens (tertiary/aromatic N) is 1. The van der Waals surface area contributed by atoms with Crippen molar-refractivity contribution in [3.05, 3.63) is 17.0 Å². The highest BCUT2D eigenvalue weighted by Gasteiger charge is 2.12. The molecule has 1 heterocycles. The van der Waals surface area contributed by atoms with E-state index in [0.717, 1.165) is 24.5 Å². The Kier molecular flexibility index (Phi) is 6.70. The zero-order valence-electron chi connectivity index (χ0n) is 10.7. The predicted octanol–water partition coefficient (Wildman–Crippen LogP) is 1.94. The van der Waals surface area contributed by atoms with Crippen molar-refractivity contribution in [3.8, 4) is 0 Å². The number of carboxylic acid groups (broad SMARTS) is 1. The molecule has 0 atom stereocenters. The van der Waals surface area contributed by atoms with Crippen LogP contribution in [-0.2, 0) is 9.47 Å². The third-order valence-electron chi connectivity index (χ3n) is 2.46. The number of aromatic carboxylic acids is 1. The van der Waals surface area contributed by atoms with E-state index in [1.807, 2.05) is 6.07 Å². The summed E-state index contributed by atoms with van der Waals surface area (Å²) >= 11 is 1.29. The first-order chi connectivity index (χ1) is 8.69. The number of ether oxygens (including phenoxy) is 2. The third-order valence-corrected chi connectivity index (χ3v) is 3.59. The molecule has 0 amide bonds. The quantitative estimate of drug-likeness (QED) is 0.697. The Bertz CT molecular complexity index is 367. The number of hydrogen-bond acceptors (Lipinski definition) is 5. The van der Waals surface area contributed by atoms with Gasteiger partial charge in [-0.3, -0.25) is 0 Å². The fourth-order valence-electron chi connectivity index (χ4n) is 1.55. The molecule has 1 aromatic heterocycles. The van der Waals surface area contributed by atoms with Gasteiger partial charge in [-0.1, -0.05) is 0 Å². The first-order valence-electron chi connectivity index (χ1n) is 5.75. The molecule has 0 unspecified atom stereocenters. The number of thiophene rings is 1. The van der Waals surface area contributed by atoms with Crippen molar-refractivity contribution in [3.63, 3.8) is 0 Å². The van der Waals surface area contributed by atoms with E-state index in [4.69, 9.17) is 14.6 Å². The van der Waals surface area contributed by atoms with E-state index in [2.05, 4.69) is 4.90 Å². The Hall–Kier alpha value is -1.11. The van der Waals surface area contributed by atoms with Gasteiger partial charge in [-0.2, -0.15) is 0 Å². The summed E-state index contributed by atoms with van der Waals surface area (Å²) in [6.45, 7) is 2.89. The monoisotopic (exact) mass is 273 g/mol. The summed E-state index contributed by atoms with van der Waals surface area (Å²) in [5.74, 6) is -0.880. The summed E-state index contributed by atoms with van der Waals surface area (Å²) in [6, 6.07) is 3.48. The Labute approximate surface area is 111 Å². The van der Waals surface area contributed by atoms with Crippen molar-refractivity contribution in [1.29, 1.82) is 0 Å². The Morgan fingerprint density at radius 2 is 2.00 bits per heavy atom. The molecule has 0 saturated carbocycles. The van der Waals surface area contributed by atoms with Crippen molar-refractivity contribution in [2.24, 2.45) is 0 Å². The maximum atomic E-state index is 10.9. The molecule has 0 aliphatic rings. The van der Waals surface area contributed by atoms with Gasteiger partial charge in [0.15, 0.2) is 0 Å². The third kappa shape index (κ3) is 4.64. The van der Waals surface area contributed by atoms with Crippen LogP contribution in [0.1, 0.15) is 16.1 Å². The highest BCUT2D eigenvalue weighted by Crippen LogP contribution is 2.26. The van der Waals surface area contributed by atoms with Crippen LogP contribution in [0.3, 0.4) is 0 Å². The molecule has 0 radical (unpaired) electrons. The van der Waals surface area contributed by atoms with Crippen LogP contribution >= 0.6 is 11.3 Å². The maximum Gasteiger partial charge on any atom is 0.345 e. The number of carboxylic acids is 1. The molecular weight excluding hydrogens is 254 g/mol. The molecule has 1 N–H and O–H groups in total. The summed E-state index contributed by atoms with van der Waals surface area (Å²) in [5.41, 5.74) is 0. The summed E-state index contributed by atoms with van der Waals surface area (Å²) in [6.07, 6.45) is 0.903. The van der Waals surface area contributed by atoms with E-state index in [1.165, 1.54) is 11.3 Å². The fourth-order valence-corrected chi connectivity index (χ4v) is 2.44. The molecule has 1 rings (SSSR count). The molecule has 6 heteroatoms. The summed E-state index contributed by atoms with van der Waals surface area (Å²) in [4.78, 5) is 13.3. The number of hydrogen-bond donors (Lipinski definition) is 1. The van der Waals surface area contributed by atoms with Gasteiger partial charge in [-0.05, 0) is 18.6 Å². The summed E-state index contributed by atoms with van der Waals surface area (Å²) in [5, 5.41) is 9.88. The van der Waals surface area contributed by atoms with Gasteiger partial charge < -0.3 is 19.5 Å². The molecule has 0 bridgehead atoms. The molecule has 0 spiro atoms. The highest BCUT2D eigenvalue weighted by molar-refractivity contribution is 7.17. The average molecular weight is 273 g/mol. The molecule has 0 aromatic carbocycles. The van der Waals surface area contributed by atoms with Gasteiger partial charge in [0, 0.05) is 33.9 Å². The van der Waals surface area contributed by atoms with Crippen LogP contribution in [0.5, 0.6) is 0 Å². The fraction of sp³-hybridized carbons (Fsp3) is 0.583. The largest absolute Gasteiger partial charge is 0.477 e. The topological polar surface area (TPSA) is 59.0 Å². The van der Waals surface area contributed by atoms with Crippen molar-refractivity contribution < 1.29 is 19.4 Å². The molecule has 1 aromatic rings. The molecule has 0 aliphatic carbocycles. The normalized spacial score (nSPS) is 10.6. The second kappa shape index (κ2) is 8.07. The second-order valence-electron chi connectivity index (χ2n) is 3.77. The minimum atomic E-state index is -0.880. The number of rotatable bonds is 9. The van der Waals surface area contributed by atoms with Crippen LogP contribution in [0, 0.1) is 0 Å². The van der Waals surface area contributed by atoms with E-state index in [9.17, 15) is 4.79 Å². The first-order valence-corrected chi connectivity index (χ1v) is 6.56. The molecule has 0 aliphatic heterocycles. The van der Waals surface area contributed by atoms with Gasteiger partial charge in [0.1, 0.15) is 4.88 Å². The van der Waals surface area contributed by atoms with E-state index in [1.54, 1.807) is 20.3 Å². The summed E-state index contributed by atoms with van der Waals surface area (Å²) in [7, 11) is 3.33. The van der Waals surface area contributed by atoms with Gasteiger partial charge in [-0.15, -0.1) is 11.3 Å². The van der Waals surface area contributed by atoms with Crippen molar-refractivity contribution >= 4 is 22.3 Å². The van der Waals surface area contributed by atoms with E-state index in [-0.39, 0.29) is 0 Å². The van der Waals surface area contributed by atoms with Crippen molar-refractivity contribution in [1.82, 2.24) is 0 Å². The van der Waals surface area contributed by atoms with Crippen LogP contribution in [0.15, 0.2) is 12.1 Å². The standard InChI is InChI=1S/C12H19NO4S/c1-16-8-3-6-13(7-9-17-2)11-5-4-10(18-11)12(14)15/h4-5H,3,6-9H2,1-2H3,(H,14,15). The van der Waals surface area contributed by atoms with Crippen LogP contribution < -0.4 is 4.90 Å². The van der Waals surface area contributed by atoms with Gasteiger partial charge in [-0.25, -0.2) is 4.79 Å². The molecular formula is C12H19NO4S. The van der Waals surface area contributed by atoms with Crippen LogP contribution in [0.4, 0.5) is 5.00 Å². The van der Waals surface area contributed by atoms with Gasteiger partial charge in [0.2, 0.25) is 0 Å². The first kappa shape index (κ1) is 14.9. The van der Waals surface area contributed by atoms with Crippen LogP contribution in [-0.4, -0.2) is 51.6 Å². The Morgan fingerprint density at radius 1 is 1.28 bits per heavy atom. The minimum absolute atomic E-state index is 0.360. The lowest BCUT2D eigenvalue weighted by molar-refractivity contribution is 0.0702. The van der Waals surface area contributed by atoms with Crippen molar-refractivity contribution in [2.45, 2.75) is 6.42 Å². The van der Waals surface area contributed by atoms with Crippen LogP contribution in [0.2, 0.25) is 0 Å². The van der Waals surface area contributed by atoms with E-state index < -0.39 is 5.97 Å². The second-order valence-corrected chi connectivity index (χ2v) is 4.83. The molecule has 0 saturated heterocycles. The zero-order chi connectivity index (χ0) is 13.4. The SMILES string of the molecule is COCCCN(CCOC)c1ccc(C(=O)O)s1. The Balaban J connectivity index is 2.63. The van der Waals surface area contributed by atoms with Crippen molar-refractivity contribution in [2.75, 3.05) is 45.4 Å². The Morgan fingerprint density at radius 3 is 2.56 bits per heavy atom. The lowest BCUT2D eigenvalue weighted by atomic mass is 10.4. The zero-order valence-corrected chi connectivity index (χ0v) is 11.5. The molecule has 18 heavy (non-hydrogen) atoms. The van der Waals surface area contributed by atoms with Gasteiger partial charge in [0.25, 0.3) is 0 Å². The molecule has 102 valence electrons. The summed E-state index contributed by atoms with van der Waals surface area (Å²) < 4.78 is 10.1. The van der Waals surface area contributed by atoms with Gasteiger partial charge in [0.05, 0.1) is 11.6 Å². The molecule has 0 fully saturated rings. The van der Waals surface area contributed by atoms with Crippen LogP contribution in [0.25, 0.3) is 0 Å². The predicted molar refractivity (Wildman–Crippen MR) is 71.9 cm³/mol. The highest BCUT2D eigenvalue weighted by atomic mass is 32.1. The minimum Gasteiger partial charge on any atom is -0.477 e. The average Bonchev–Trinajstić information content (AvgIpc) is 2.83. The van der Waals surface area contributed by atoms with E-state index >= 15 is 0 Å². The van der Waals surface area contributed by atoms with Gasteiger partial charge >= 0.3 is 5.97 Å².